The van der Waals surface area contributed by atoms with Gasteiger partial charge in [0.25, 0.3) is 0 Å². The molecule has 0 spiro atoms. The molecule has 7 heteroatoms. The van der Waals surface area contributed by atoms with Gasteiger partial charge in [-0.15, -0.1) is 0 Å². The summed E-state index contributed by atoms with van der Waals surface area (Å²) in [6.07, 6.45) is 0. The van der Waals surface area contributed by atoms with Crippen LogP contribution in [0, 0.1) is 0 Å². The minimum Gasteiger partial charge on any atom is -0.505 e. The largest absolute Gasteiger partial charge is 0.505 e. The van der Waals surface area contributed by atoms with Crippen LogP contribution in [0.5, 0.6) is 17.2 Å². The molecule has 70 valence electrons. The Hall–Kier alpha value is -0.550. The molecule has 13 heavy (non-hydrogen) atoms. The number of hydrogen-bond donors (Lipinski definition) is 1. The molecule has 1 aromatic rings. The first-order valence-corrected chi connectivity index (χ1v) is 4.17. The van der Waals surface area contributed by atoms with Gasteiger partial charge in [0, 0.05) is 5.04 Å². The third-order valence-corrected chi connectivity index (χ3v) is 2.49. The van der Waals surface area contributed by atoms with Gasteiger partial charge < -0.3 is 5.11 Å². The molecule has 0 fully saturated rings. The van der Waals surface area contributed by atoms with Gasteiger partial charge in [0.1, 0.15) is 15.1 Å². The van der Waals surface area contributed by atoms with Gasteiger partial charge in [-0.25, -0.2) is 0 Å². The maximum absolute atomic E-state index is 9.32. The van der Waals surface area contributed by atoms with Crippen LogP contribution >= 0.6 is 34.8 Å². The van der Waals surface area contributed by atoms with Crippen LogP contribution in [0.1, 0.15) is 0 Å². The van der Waals surface area contributed by atoms with E-state index < -0.39 is 0 Å². The maximum Gasteiger partial charge on any atom is 0.214 e. The van der Waals surface area contributed by atoms with E-state index in [-0.39, 0.29) is 32.3 Å². The van der Waals surface area contributed by atoms with Gasteiger partial charge in [-0.1, -0.05) is 34.8 Å². The fraction of sp³-hybridized carbons (Fsp3) is 0. The Morgan fingerprint density at radius 3 is 1.77 bits per heavy atom. The molecule has 0 saturated carbocycles. The summed E-state index contributed by atoms with van der Waals surface area (Å²) in [5, 5.41) is 13.3. The second kappa shape index (κ2) is 2.99. The lowest BCUT2D eigenvalue weighted by atomic mass is 10.3. The van der Waals surface area contributed by atoms with Crippen LogP contribution in [0.2, 0.25) is 15.1 Å². The van der Waals surface area contributed by atoms with E-state index in [0.717, 1.165) is 0 Å². The summed E-state index contributed by atoms with van der Waals surface area (Å²) in [4.78, 5) is 8.95. The normalized spacial score (nSPS) is 13.5. The van der Waals surface area contributed by atoms with Crippen molar-refractivity contribution in [1.82, 2.24) is 0 Å². The lowest BCUT2D eigenvalue weighted by molar-refractivity contribution is -0.417. The standard InChI is InChI=1S/C6HCl3O4/c7-1-4(10)2(8)6-3(9)5(1)11-13-12-6/h10H. The fourth-order valence-electron chi connectivity index (χ4n) is 0.839. The van der Waals surface area contributed by atoms with E-state index in [4.69, 9.17) is 34.8 Å². The lowest BCUT2D eigenvalue weighted by Gasteiger charge is -2.17. The zero-order valence-electron chi connectivity index (χ0n) is 5.81. The van der Waals surface area contributed by atoms with E-state index in [2.05, 4.69) is 14.8 Å². The molecule has 0 unspecified atom stereocenters. The van der Waals surface area contributed by atoms with E-state index in [1.165, 1.54) is 0 Å². The van der Waals surface area contributed by atoms with Crippen molar-refractivity contribution in [3.05, 3.63) is 15.1 Å². The van der Waals surface area contributed by atoms with Crippen LogP contribution in [-0.2, 0) is 5.04 Å². The van der Waals surface area contributed by atoms with Crippen molar-refractivity contribution in [2.45, 2.75) is 0 Å². The highest BCUT2D eigenvalue weighted by Crippen LogP contribution is 2.53. The number of aromatic hydroxyl groups is 1. The number of hydrogen-bond acceptors (Lipinski definition) is 4. The van der Waals surface area contributed by atoms with Crippen molar-refractivity contribution in [1.29, 1.82) is 0 Å². The first kappa shape index (κ1) is 9.02. The van der Waals surface area contributed by atoms with E-state index in [1.807, 2.05) is 0 Å². The molecule has 1 heterocycles. The topological polar surface area (TPSA) is 47.9 Å². The molecule has 1 N–H and O–H groups in total. The van der Waals surface area contributed by atoms with Crippen molar-refractivity contribution in [2.75, 3.05) is 0 Å². The molecule has 0 aromatic heterocycles. The minimum atomic E-state index is -0.360. The van der Waals surface area contributed by atoms with Crippen LogP contribution in [0.3, 0.4) is 0 Å². The van der Waals surface area contributed by atoms with E-state index >= 15 is 0 Å². The van der Waals surface area contributed by atoms with E-state index in [1.54, 1.807) is 0 Å². The molecule has 1 aliphatic heterocycles. The van der Waals surface area contributed by atoms with E-state index in [9.17, 15) is 5.11 Å². The van der Waals surface area contributed by atoms with E-state index in [0.29, 0.717) is 0 Å². The Bertz CT molecular complexity index is 334. The second-order valence-electron chi connectivity index (χ2n) is 2.18. The van der Waals surface area contributed by atoms with Crippen molar-refractivity contribution >= 4 is 34.8 Å². The van der Waals surface area contributed by atoms with Crippen molar-refractivity contribution < 1.29 is 19.9 Å². The van der Waals surface area contributed by atoms with Crippen LogP contribution in [0.15, 0.2) is 0 Å². The smallest absolute Gasteiger partial charge is 0.214 e. The average Bonchev–Trinajstić information content (AvgIpc) is 2.13. The first-order chi connectivity index (χ1) is 6.13. The third-order valence-electron chi connectivity index (χ3n) is 1.45. The Labute approximate surface area is 87.3 Å². The van der Waals surface area contributed by atoms with Gasteiger partial charge in [0.15, 0.2) is 5.75 Å². The lowest BCUT2D eigenvalue weighted by Crippen LogP contribution is -2.09. The van der Waals surface area contributed by atoms with Crippen LogP contribution in [0.4, 0.5) is 0 Å². The maximum atomic E-state index is 9.32. The monoisotopic (exact) mass is 242 g/mol. The Morgan fingerprint density at radius 1 is 0.846 bits per heavy atom. The van der Waals surface area contributed by atoms with Crippen LogP contribution in [0.25, 0.3) is 0 Å². The van der Waals surface area contributed by atoms with Gasteiger partial charge in [-0.3, -0.25) is 9.78 Å². The molecule has 0 aliphatic carbocycles. The highest BCUT2D eigenvalue weighted by atomic mass is 35.5. The molecule has 4 nitrogen and oxygen atoms in total. The number of halogens is 3. The first-order valence-electron chi connectivity index (χ1n) is 3.03. The number of phenols is 1. The molecule has 2 rings (SSSR count). The Morgan fingerprint density at radius 2 is 1.31 bits per heavy atom. The van der Waals surface area contributed by atoms with Crippen molar-refractivity contribution in [3.8, 4) is 17.2 Å². The summed E-state index contributed by atoms with van der Waals surface area (Å²) >= 11 is 17.0. The molecule has 2 bridgehead atoms. The molecule has 0 radical (unpaired) electrons. The van der Waals surface area contributed by atoms with Crippen LogP contribution in [-0.4, -0.2) is 5.11 Å². The zero-order chi connectivity index (χ0) is 9.59. The number of rotatable bonds is 0. The zero-order valence-corrected chi connectivity index (χ0v) is 8.07. The number of fused-ring (bicyclic) bond motifs is 2. The molecular weight excluding hydrogens is 242 g/mol. The summed E-state index contributed by atoms with van der Waals surface area (Å²) in [5.74, 6) is -0.404. The summed E-state index contributed by atoms with van der Waals surface area (Å²) in [5.41, 5.74) is 0. The Balaban J connectivity index is 2.79. The average molecular weight is 243 g/mol. The highest BCUT2D eigenvalue weighted by Gasteiger charge is 2.29. The molecular formula is C6HCl3O4. The number of benzene rings is 1. The SMILES string of the molecule is Oc1c(Cl)c2c(Cl)c(c1Cl)OOO2. The number of phenolic OH excluding ortho intramolecular Hbond substituents is 1. The Kier molecular flexibility index (Phi) is 2.08. The summed E-state index contributed by atoms with van der Waals surface area (Å²) in [7, 11) is 0. The molecule has 1 aromatic carbocycles. The predicted molar refractivity (Wildman–Crippen MR) is 45.5 cm³/mol. The predicted octanol–water partition coefficient (Wildman–Crippen LogP) is 2.97. The van der Waals surface area contributed by atoms with Gasteiger partial charge in [-0.05, 0) is 0 Å². The third kappa shape index (κ3) is 1.18. The van der Waals surface area contributed by atoms with Gasteiger partial charge in [-0.2, -0.15) is 0 Å². The van der Waals surface area contributed by atoms with Gasteiger partial charge >= 0.3 is 0 Å². The molecule has 1 aliphatic rings. The summed E-state index contributed by atoms with van der Waals surface area (Å²) in [6.45, 7) is 0. The second-order valence-corrected chi connectivity index (χ2v) is 3.32. The van der Waals surface area contributed by atoms with Crippen LogP contribution < -0.4 is 9.78 Å². The quantitative estimate of drug-likeness (QED) is 0.712. The van der Waals surface area contributed by atoms with Crippen molar-refractivity contribution in [3.63, 3.8) is 0 Å². The van der Waals surface area contributed by atoms with Crippen molar-refractivity contribution in [2.24, 2.45) is 0 Å². The van der Waals surface area contributed by atoms with Gasteiger partial charge in [0.2, 0.25) is 11.5 Å². The highest BCUT2D eigenvalue weighted by molar-refractivity contribution is 6.43. The fourth-order valence-corrected chi connectivity index (χ4v) is 1.68. The summed E-state index contributed by atoms with van der Waals surface area (Å²) in [6, 6.07) is 0. The molecule has 0 amide bonds. The summed E-state index contributed by atoms with van der Waals surface area (Å²) < 4.78 is 0. The minimum absolute atomic E-state index is 0.0218. The molecule has 0 saturated heterocycles. The molecule has 0 atom stereocenters. The van der Waals surface area contributed by atoms with Gasteiger partial charge in [0.05, 0.1) is 0 Å².